The summed E-state index contributed by atoms with van der Waals surface area (Å²) in [5, 5.41) is 11.6. The van der Waals surface area contributed by atoms with Crippen molar-refractivity contribution in [1.82, 2.24) is 4.98 Å². The Labute approximate surface area is 130 Å². The van der Waals surface area contributed by atoms with Gasteiger partial charge in [0.25, 0.3) is 5.91 Å². The Morgan fingerprint density at radius 1 is 1.38 bits per heavy atom. The number of pyridine rings is 1. The van der Waals surface area contributed by atoms with Gasteiger partial charge in [-0.15, -0.1) is 0 Å². The van der Waals surface area contributed by atoms with Crippen LogP contribution in [0.1, 0.15) is 21.5 Å². The van der Waals surface area contributed by atoms with Crippen molar-refractivity contribution in [1.29, 1.82) is 5.26 Å². The van der Waals surface area contributed by atoms with Gasteiger partial charge < -0.3 is 5.32 Å². The third-order valence-electron chi connectivity index (χ3n) is 2.79. The van der Waals surface area contributed by atoms with Crippen molar-refractivity contribution in [3.8, 4) is 6.07 Å². The molecule has 0 unspecified atom stereocenters. The second-order valence-electron chi connectivity index (χ2n) is 4.18. The minimum Gasteiger partial charge on any atom is -0.322 e. The molecular formula is C14H8Cl2FN3O. The zero-order valence-electron chi connectivity index (χ0n) is 10.7. The maximum atomic E-state index is 13.7. The van der Waals surface area contributed by atoms with Gasteiger partial charge in [-0.05, 0) is 25.1 Å². The molecule has 106 valence electrons. The van der Waals surface area contributed by atoms with Crippen LogP contribution >= 0.6 is 23.2 Å². The number of aromatic nitrogens is 1. The SMILES string of the molecule is Cc1c(F)cc(C#N)cc1NC(=O)c1cc(Cl)ncc1Cl. The van der Waals surface area contributed by atoms with Gasteiger partial charge in [-0.2, -0.15) is 5.26 Å². The highest BCUT2D eigenvalue weighted by molar-refractivity contribution is 6.35. The molecule has 2 rings (SSSR count). The number of hydrogen-bond donors (Lipinski definition) is 1. The van der Waals surface area contributed by atoms with Gasteiger partial charge in [0.1, 0.15) is 11.0 Å². The number of amides is 1. The lowest BCUT2D eigenvalue weighted by Gasteiger charge is -2.10. The van der Waals surface area contributed by atoms with E-state index in [4.69, 9.17) is 28.5 Å². The van der Waals surface area contributed by atoms with Crippen LogP contribution in [0.2, 0.25) is 10.2 Å². The second-order valence-corrected chi connectivity index (χ2v) is 4.98. The molecule has 1 heterocycles. The Bertz CT molecular complexity index is 772. The predicted molar refractivity (Wildman–Crippen MR) is 78.1 cm³/mol. The predicted octanol–water partition coefficient (Wildman–Crippen LogP) is 3.96. The molecule has 0 bridgehead atoms. The summed E-state index contributed by atoms with van der Waals surface area (Å²) >= 11 is 11.6. The van der Waals surface area contributed by atoms with Crippen LogP contribution in [0.4, 0.5) is 10.1 Å². The fourth-order valence-electron chi connectivity index (χ4n) is 1.65. The molecule has 0 fully saturated rings. The van der Waals surface area contributed by atoms with Crippen LogP contribution < -0.4 is 5.32 Å². The molecule has 4 nitrogen and oxygen atoms in total. The van der Waals surface area contributed by atoms with E-state index in [1.165, 1.54) is 25.3 Å². The molecule has 2 aromatic rings. The van der Waals surface area contributed by atoms with E-state index in [9.17, 15) is 9.18 Å². The van der Waals surface area contributed by atoms with Crippen molar-refractivity contribution in [2.24, 2.45) is 0 Å². The summed E-state index contributed by atoms with van der Waals surface area (Å²) in [5.74, 6) is -1.15. The average Bonchev–Trinajstić information content (AvgIpc) is 2.46. The molecule has 21 heavy (non-hydrogen) atoms. The minimum atomic E-state index is -0.580. The Kier molecular flexibility index (Phi) is 4.41. The van der Waals surface area contributed by atoms with Gasteiger partial charge in [-0.3, -0.25) is 4.79 Å². The van der Waals surface area contributed by atoms with E-state index in [-0.39, 0.29) is 32.6 Å². The standard InChI is InChI=1S/C14H8Cl2FN3O/c1-7-11(17)2-8(5-18)3-12(7)20-14(21)9-4-13(16)19-6-10(9)15/h2-4,6H,1H3,(H,20,21). The molecule has 0 atom stereocenters. The number of hydrogen-bond acceptors (Lipinski definition) is 3. The smallest absolute Gasteiger partial charge is 0.257 e. The Morgan fingerprint density at radius 2 is 2.10 bits per heavy atom. The molecule has 1 N–H and O–H groups in total. The number of benzene rings is 1. The van der Waals surface area contributed by atoms with E-state index < -0.39 is 11.7 Å². The molecule has 0 spiro atoms. The molecule has 0 saturated carbocycles. The maximum absolute atomic E-state index is 13.7. The average molecular weight is 324 g/mol. The van der Waals surface area contributed by atoms with E-state index in [2.05, 4.69) is 10.3 Å². The zero-order valence-corrected chi connectivity index (χ0v) is 12.3. The number of nitrogens with one attached hydrogen (secondary N) is 1. The molecule has 0 saturated heterocycles. The summed E-state index contributed by atoms with van der Waals surface area (Å²) in [7, 11) is 0. The molecule has 1 aromatic carbocycles. The lowest BCUT2D eigenvalue weighted by atomic mass is 10.1. The van der Waals surface area contributed by atoms with Crippen molar-refractivity contribution >= 4 is 34.8 Å². The molecule has 0 aliphatic heterocycles. The molecule has 0 aliphatic carbocycles. The second kappa shape index (κ2) is 6.08. The quantitative estimate of drug-likeness (QED) is 0.850. The van der Waals surface area contributed by atoms with Crippen LogP contribution in [-0.4, -0.2) is 10.9 Å². The van der Waals surface area contributed by atoms with Crippen molar-refractivity contribution in [2.45, 2.75) is 6.92 Å². The number of rotatable bonds is 2. The van der Waals surface area contributed by atoms with E-state index >= 15 is 0 Å². The summed E-state index contributed by atoms with van der Waals surface area (Å²) in [5.41, 5.74) is 0.630. The fourth-order valence-corrected chi connectivity index (χ4v) is 2.00. The van der Waals surface area contributed by atoms with Crippen LogP contribution in [0, 0.1) is 24.1 Å². The first-order valence-corrected chi connectivity index (χ1v) is 6.50. The molecular weight excluding hydrogens is 316 g/mol. The van der Waals surface area contributed by atoms with E-state index in [1.807, 2.05) is 6.07 Å². The Morgan fingerprint density at radius 3 is 2.76 bits per heavy atom. The van der Waals surface area contributed by atoms with E-state index in [0.29, 0.717) is 0 Å². The van der Waals surface area contributed by atoms with Gasteiger partial charge in [0, 0.05) is 17.4 Å². The van der Waals surface area contributed by atoms with Gasteiger partial charge in [0.05, 0.1) is 22.2 Å². The molecule has 0 aliphatic rings. The van der Waals surface area contributed by atoms with Crippen molar-refractivity contribution < 1.29 is 9.18 Å². The third-order valence-corrected chi connectivity index (χ3v) is 3.30. The largest absolute Gasteiger partial charge is 0.322 e. The number of nitrogens with zero attached hydrogens (tertiary/aromatic N) is 2. The van der Waals surface area contributed by atoms with E-state index in [1.54, 1.807) is 0 Å². The van der Waals surface area contributed by atoms with Gasteiger partial charge in [-0.1, -0.05) is 23.2 Å². The zero-order chi connectivity index (χ0) is 15.6. The topological polar surface area (TPSA) is 65.8 Å². The van der Waals surface area contributed by atoms with Crippen molar-refractivity contribution in [3.63, 3.8) is 0 Å². The van der Waals surface area contributed by atoms with Crippen molar-refractivity contribution in [3.05, 3.63) is 57.1 Å². The molecule has 1 amide bonds. The van der Waals surface area contributed by atoms with Gasteiger partial charge in [0.2, 0.25) is 0 Å². The number of nitriles is 1. The maximum Gasteiger partial charge on any atom is 0.257 e. The third kappa shape index (κ3) is 3.30. The summed E-state index contributed by atoms with van der Waals surface area (Å²) in [6.07, 6.45) is 1.25. The Hall–Kier alpha value is -2.16. The van der Waals surface area contributed by atoms with Crippen LogP contribution in [0.5, 0.6) is 0 Å². The first-order chi connectivity index (χ1) is 9.92. The number of carbonyl (C=O) groups is 1. The number of halogens is 3. The van der Waals surface area contributed by atoms with Crippen LogP contribution in [0.25, 0.3) is 0 Å². The summed E-state index contributed by atoms with van der Waals surface area (Å²) in [6.45, 7) is 1.49. The number of anilines is 1. The highest BCUT2D eigenvalue weighted by atomic mass is 35.5. The normalized spacial score (nSPS) is 10.0. The number of carbonyl (C=O) groups excluding carboxylic acids is 1. The van der Waals surface area contributed by atoms with E-state index in [0.717, 1.165) is 6.07 Å². The first kappa shape index (κ1) is 15.2. The lowest BCUT2D eigenvalue weighted by Crippen LogP contribution is -2.14. The first-order valence-electron chi connectivity index (χ1n) is 5.75. The molecule has 7 heteroatoms. The van der Waals surface area contributed by atoms with Crippen LogP contribution in [0.15, 0.2) is 24.4 Å². The van der Waals surface area contributed by atoms with Crippen molar-refractivity contribution in [2.75, 3.05) is 5.32 Å². The monoisotopic (exact) mass is 323 g/mol. The lowest BCUT2D eigenvalue weighted by molar-refractivity contribution is 0.102. The highest BCUT2D eigenvalue weighted by Gasteiger charge is 2.15. The molecule has 1 aromatic heterocycles. The van der Waals surface area contributed by atoms with Crippen LogP contribution in [-0.2, 0) is 0 Å². The van der Waals surface area contributed by atoms with Gasteiger partial charge in [0.15, 0.2) is 0 Å². The Balaban J connectivity index is 2.38. The highest BCUT2D eigenvalue weighted by Crippen LogP contribution is 2.23. The summed E-state index contributed by atoms with van der Waals surface area (Å²) in [4.78, 5) is 15.9. The summed E-state index contributed by atoms with van der Waals surface area (Å²) in [6, 6.07) is 5.61. The van der Waals surface area contributed by atoms with Crippen LogP contribution in [0.3, 0.4) is 0 Å². The van der Waals surface area contributed by atoms with Gasteiger partial charge >= 0.3 is 0 Å². The molecule has 0 radical (unpaired) electrons. The van der Waals surface area contributed by atoms with Gasteiger partial charge in [-0.25, -0.2) is 9.37 Å². The fraction of sp³-hybridized carbons (Fsp3) is 0.0714. The summed E-state index contributed by atoms with van der Waals surface area (Å²) < 4.78 is 13.7. The minimum absolute atomic E-state index is 0.104.